The molecule has 0 saturated carbocycles. The van der Waals surface area contributed by atoms with Crippen LogP contribution in [0.4, 0.5) is 0 Å². The van der Waals surface area contributed by atoms with E-state index in [2.05, 4.69) is 170 Å². The first kappa shape index (κ1) is 24.6. The molecule has 6 aromatic carbocycles. The molecule has 1 aliphatic carbocycles. The van der Waals surface area contributed by atoms with Crippen molar-refractivity contribution in [3.05, 3.63) is 162 Å². The van der Waals surface area contributed by atoms with Crippen LogP contribution in [-0.4, -0.2) is 4.57 Å². The second kappa shape index (κ2) is 9.46. The third-order valence-corrected chi connectivity index (χ3v) is 9.01. The van der Waals surface area contributed by atoms with Crippen LogP contribution in [0.1, 0.15) is 36.1 Å². The Labute approximate surface area is 247 Å². The molecule has 1 heteroatoms. The van der Waals surface area contributed by atoms with Crippen molar-refractivity contribution in [1.29, 1.82) is 0 Å². The first-order chi connectivity index (χ1) is 20.6. The molecule has 0 atom stereocenters. The normalized spacial score (nSPS) is 13.6. The van der Waals surface area contributed by atoms with Gasteiger partial charge in [0.25, 0.3) is 0 Å². The first-order valence-corrected chi connectivity index (χ1v) is 14.7. The van der Waals surface area contributed by atoms with Crippen LogP contribution in [0.15, 0.2) is 140 Å². The minimum absolute atomic E-state index is 0.0693. The molecule has 200 valence electrons. The summed E-state index contributed by atoms with van der Waals surface area (Å²) in [6.45, 7) is 4.72. The van der Waals surface area contributed by atoms with E-state index in [0.717, 1.165) is 0 Å². The summed E-state index contributed by atoms with van der Waals surface area (Å²) in [6, 6.07) is 50.8. The summed E-state index contributed by atoms with van der Waals surface area (Å²) in [5.41, 5.74) is 14.0. The van der Waals surface area contributed by atoms with Crippen molar-refractivity contribution in [1.82, 2.24) is 4.57 Å². The minimum Gasteiger partial charge on any atom is -0.309 e. The van der Waals surface area contributed by atoms with Crippen molar-refractivity contribution >= 4 is 34.0 Å². The zero-order valence-corrected chi connectivity index (χ0v) is 23.9. The van der Waals surface area contributed by atoms with Gasteiger partial charge in [-0.1, -0.05) is 135 Å². The fourth-order valence-electron chi connectivity index (χ4n) is 6.80. The fourth-order valence-corrected chi connectivity index (χ4v) is 6.80. The van der Waals surface area contributed by atoms with Gasteiger partial charge in [0, 0.05) is 21.9 Å². The molecule has 0 saturated heterocycles. The lowest BCUT2D eigenvalue weighted by Crippen LogP contribution is -2.15. The van der Waals surface area contributed by atoms with Crippen LogP contribution in [-0.2, 0) is 5.41 Å². The average Bonchev–Trinajstić information content (AvgIpc) is 3.49. The van der Waals surface area contributed by atoms with Crippen molar-refractivity contribution in [3.8, 4) is 27.9 Å². The molecular formula is C41H31N. The number of hydrogen-bond donors (Lipinski definition) is 0. The number of hydrogen-bond acceptors (Lipinski definition) is 0. The van der Waals surface area contributed by atoms with Gasteiger partial charge in [0.1, 0.15) is 0 Å². The molecule has 0 radical (unpaired) electrons. The highest BCUT2D eigenvalue weighted by molar-refractivity contribution is 6.09. The van der Waals surface area contributed by atoms with Crippen LogP contribution in [0.2, 0.25) is 0 Å². The molecule has 1 aliphatic rings. The topological polar surface area (TPSA) is 4.93 Å². The number of nitrogens with zero attached hydrogens (tertiary/aromatic N) is 1. The van der Waals surface area contributed by atoms with Gasteiger partial charge < -0.3 is 4.57 Å². The van der Waals surface area contributed by atoms with E-state index in [0.29, 0.717) is 0 Å². The maximum atomic E-state index is 2.41. The van der Waals surface area contributed by atoms with Gasteiger partial charge in [-0.05, 0) is 74.8 Å². The summed E-state index contributed by atoms with van der Waals surface area (Å²) in [7, 11) is 0. The van der Waals surface area contributed by atoms with Crippen LogP contribution >= 0.6 is 0 Å². The van der Waals surface area contributed by atoms with Crippen LogP contribution in [0.3, 0.4) is 0 Å². The van der Waals surface area contributed by atoms with Crippen molar-refractivity contribution in [2.75, 3.05) is 0 Å². The van der Waals surface area contributed by atoms with Crippen LogP contribution in [0, 0.1) is 0 Å². The zero-order valence-electron chi connectivity index (χ0n) is 23.9. The first-order valence-electron chi connectivity index (χ1n) is 14.7. The van der Waals surface area contributed by atoms with Crippen LogP contribution in [0.5, 0.6) is 0 Å². The Hall–Kier alpha value is -5.14. The predicted molar refractivity (Wildman–Crippen MR) is 179 cm³/mol. The Kier molecular flexibility index (Phi) is 5.55. The highest BCUT2D eigenvalue weighted by Gasteiger charge is 2.35. The van der Waals surface area contributed by atoms with Crippen molar-refractivity contribution in [3.63, 3.8) is 0 Å². The van der Waals surface area contributed by atoms with E-state index in [1.807, 2.05) is 0 Å². The third-order valence-electron chi connectivity index (χ3n) is 9.01. The molecule has 0 amide bonds. The molecule has 8 rings (SSSR count). The van der Waals surface area contributed by atoms with E-state index in [1.54, 1.807) is 0 Å². The summed E-state index contributed by atoms with van der Waals surface area (Å²) in [4.78, 5) is 0. The molecule has 0 spiro atoms. The Bertz CT molecular complexity index is 2090. The molecule has 1 nitrogen and oxygen atoms in total. The van der Waals surface area contributed by atoms with Gasteiger partial charge in [-0.2, -0.15) is 0 Å². The van der Waals surface area contributed by atoms with Gasteiger partial charge in [0.05, 0.1) is 11.0 Å². The Morgan fingerprint density at radius 1 is 0.476 bits per heavy atom. The lowest BCUT2D eigenvalue weighted by atomic mass is 9.81. The fraction of sp³-hybridized carbons (Fsp3) is 0.0732. The predicted octanol–water partition coefficient (Wildman–Crippen LogP) is 10.9. The highest BCUT2D eigenvalue weighted by Crippen LogP contribution is 2.50. The summed E-state index contributed by atoms with van der Waals surface area (Å²) in [5, 5.41) is 2.58. The summed E-state index contributed by atoms with van der Waals surface area (Å²) in [5.74, 6) is 0. The molecule has 1 heterocycles. The molecule has 1 aromatic heterocycles. The number of para-hydroxylation sites is 2. The smallest absolute Gasteiger partial charge is 0.0541 e. The van der Waals surface area contributed by atoms with Crippen molar-refractivity contribution in [2.45, 2.75) is 19.3 Å². The summed E-state index contributed by atoms with van der Waals surface area (Å²) < 4.78 is 2.38. The van der Waals surface area contributed by atoms with Crippen molar-refractivity contribution < 1.29 is 0 Å². The van der Waals surface area contributed by atoms with E-state index in [-0.39, 0.29) is 5.41 Å². The summed E-state index contributed by atoms with van der Waals surface area (Å²) in [6.07, 6.45) is 4.41. The number of rotatable bonds is 4. The number of aromatic nitrogens is 1. The molecule has 7 aromatic rings. The van der Waals surface area contributed by atoms with E-state index in [4.69, 9.17) is 0 Å². The second-order valence-electron chi connectivity index (χ2n) is 11.9. The van der Waals surface area contributed by atoms with Gasteiger partial charge in [-0.25, -0.2) is 0 Å². The molecule has 42 heavy (non-hydrogen) atoms. The zero-order chi connectivity index (χ0) is 28.3. The van der Waals surface area contributed by atoms with Gasteiger partial charge in [0.2, 0.25) is 0 Å². The molecule has 0 N–H and O–H groups in total. The summed E-state index contributed by atoms with van der Waals surface area (Å²) >= 11 is 0. The number of benzene rings is 6. The van der Waals surface area contributed by atoms with Gasteiger partial charge in [-0.3, -0.25) is 0 Å². The second-order valence-corrected chi connectivity index (χ2v) is 11.9. The van der Waals surface area contributed by atoms with E-state index < -0.39 is 0 Å². The molecule has 0 bridgehead atoms. The quantitative estimate of drug-likeness (QED) is 0.197. The molecule has 0 aliphatic heterocycles. The Morgan fingerprint density at radius 2 is 1.02 bits per heavy atom. The Balaban J connectivity index is 1.14. The third kappa shape index (κ3) is 3.85. The molecular weight excluding hydrogens is 506 g/mol. The van der Waals surface area contributed by atoms with Gasteiger partial charge in [-0.15, -0.1) is 0 Å². The van der Waals surface area contributed by atoms with E-state index in [9.17, 15) is 0 Å². The van der Waals surface area contributed by atoms with E-state index in [1.165, 1.54) is 72.0 Å². The van der Waals surface area contributed by atoms with Crippen molar-refractivity contribution in [2.24, 2.45) is 0 Å². The van der Waals surface area contributed by atoms with Gasteiger partial charge >= 0.3 is 0 Å². The maximum absolute atomic E-state index is 2.41. The molecule has 0 fully saturated rings. The lowest BCUT2D eigenvalue weighted by molar-refractivity contribution is 0.660. The lowest BCUT2D eigenvalue weighted by Gasteiger charge is -2.22. The Morgan fingerprint density at radius 3 is 1.71 bits per heavy atom. The SMILES string of the molecule is CC1(C)c2cc(/C=C/c3ccccc3)ccc2-c2ccc(-c3ccc(-n4c5ccccc5c5ccccc54)cc3)cc21. The van der Waals surface area contributed by atoms with Gasteiger partial charge in [0.15, 0.2) is 0 Å². The number of fused-ring (bicyclic) bond motifs is 6. The van der Waals surface area contributed by atoms with E-state index >= 15 is 0 Å². The van der Waals surface area contributed by atoms with Crippen LogP contribution < -0.4 is 0 Å². The monoisotopic (exact) mass is 537 g/mol. The minimum atomic E-state index is -0.0693. The standard InChI is InChI=1S/C41H31N/c1-41(2)37-26-29(17-16-28-10-4-3-5-11-28)18-24-33(37)34-25-21-31(27-38(34)41)30-19-22-32(23-20-30)42-39-14-8-6-12-35(39)36-13-7-9-15-40(36)42/h3-27H,1-2H3/b17-16+. The largest absolute Gasteiger partial charge is 0.309 e. The maximum Gasteiger partial charge on any atom is 0.0541 e. The van der Waals surface area contributed by atoms with Crippen LogP contribution in [0.25, 0.3) is 61.9 Å². The average molecular weight is 538 g/mol. The molecule has 0 unspecified atom stereocenters. The highest BCUT2D eigenvalue weighted by atomic mass is 15.0.